The van der Waals surface area contributed by atoms with Crippen molar-refractivity contribution in [1.82, 2.24) is 10.1 Å². The number of hydrogen-bond acceptors (Lipinski definition) is 8. The third kappa shape index (κ3) is 3.13. The maximum Gasteiger partial charge on any atom is 0.227 e. The molecule has 3 N–H and O–H groups in total. The fraction of sp³-hybridized carbons (Fsp3) is 0.188. The van der Waals surface area contributed by atoms with Crippen molar-refractivity contribution in [2.75, 3.05) is 5.32 Å². The minimum atomic E-state index is -0.725. The molecule has 8 heteroatoms. The Balaban J connectivity index is 2.11. The topological polar surface area (TPSA) is 122 Å². The molecule has 8 nitrogen and oxygen atoms in total. The second-order valence-corrected chi connectivity index (χ2v) is 5.13. The zero-order chi connectivity index (χ0) is 17.1. The van der Waals surface area contributed by atoms with Gasteiger partial charge in [-0.3, -0.25) is 9.78 Å². The van der Waals surface area contributed by atoms with Gasteiger partial charge in [0.2, 0.25) is 11.2 Å². The molecule has 0 radical (unpaired) electrons. The summed E-state index contributed by atoms with van der Waals surface area (Å²) >= 11 is 0. The van der Waals surface area contributed by atoms with Gasteiger partial charge in [0.1, 0.15) is 24.2 Å². The molecule has 1 atom stereocenters. The first kappa shape index (κ1) is 15.8. The predicted molar refractivity (Wildman–Crippen MR) is 83.5 cm³/mol. The summed E-state index contributed by atoms with van der Waals surface area (Å²) in [7, 11) is 0. The van der Waals surface area contributed by atoms with Crippen molar-refractivity contribution >= 4 is 5.82 Å². The molecule has 3 rings (SSSR count). The molecular weight excluding hydrogens is 314 g/mol. The van der Waals surface area contributed by atoms with E-state index in [0.717, 1.165) is 6.07 Å². The monoisotopic (exact) mass is 329 g/mol. The van der Waals surface area contributed by atoms with Gasteiger partial charge in [-0.15, -0.1) is 0 Å². The molecule has 3 aromatic heterocycles. The zero-order valence-electron chi connectivity index (χ0n) is 12.8. The highest BCUT2D eigenvalue weighted by Gasteiger charge is 2.24. The summed E-state index contributed by atoms with van der Waals surface area (Å²) in [5.74, 6) is 0.483. The molecule has 0 aliphatic heterocycles. The number of hydrogen-bond donors (Lipinski definition) is 3. The van der Waals surface area contributed by atoms with E-state index in [1.165, 1.54) is 0 Å². The molecule has 0 unspecified atom stereocenters. The Kier molecular flexibility index (Phi) is 4.30. The van der Waals surface area contributed by atoms with Crippen LogP contribution in [0.25, 0.3) is 0 Å². The third-order valence-electron chi connectivity index (χ3n) is 3.38. The summed E-state index contributed by atoms with van der Waals surface area (Å²) in [5, 5.41) is 26.3. The van der Waals surface area contributed by atoms with E-state index < -0.39 is 23.8 Å². The molecule has 0 aliphatic rings. The molecule has 0 saturated carbocycles. The number of aliphatic hydroxyl groups is 1. The first-order valence-corrected chi connectivity index (χ1v) is 7.15. The van der Waals surface area contributed by atoms with Crippen LogP contribution in [-0.2, 0) is 6.61 Å². The number of aliphatic hydroxyl groups excluding tert-OH is 1. The Morgan fingerprint density at radius 2 is 2.04 bits per heavy atom. The first-order chi connectivity index (χ1) is 11.6. The van der Waals surface area contributed by atoms with Gasteiger partial charge in [-0.05, 0) is 24.6 Å². The van der Waals surface area contributed by atoms with Crippen LogP contribution >= 0.6 is 0 Å². The second-order valence-electron chi connectivity index (χ2n) is 5.13. The number of rotatable bonds is 5. The predicted octanol–water partition coefficient (Wildman–Crippen LogP) is 1.73. The van der Waals surface area contributed by atoms with Gasteiger partial charge in [-0.25, -0.2) is 0 Å². The van der Waals surface area contributed by atoms with E-state index in [0.29, 0.717) is 17.1 Å². The van der Waals surface area contributed by atoms with Crippen molar-refractivity contribution in [3.8, 4) is 5.75 Å². The molecule has 0 saturated heterocycles. The Morgan fingerprint density at radius 3 is 2.67 bits per heavy atom. The molecule has 0 fully saturated rings. The maximum absolute atomic E-state index is 11.9. The molecule has 0 aliphatic carbocycles. The van der Waals surface area contributed by atoms with Gasteiger partial charge in [0.25, 0.3) is 0 Å². The van der Waals surface area contributed by atoms with E-state index in [9.17, 15) is 15.0 Å². The number of aryl methyl sites for hydroxylation is 1. The summed E-state index contributed by atoms with van der Waals surface area (Å²) < 4.78 is 10.5. The highest BCUT2D eigenvalue weighted by molar-refractivity contribution is 5.44. The SMILES string of the molecule is Cc1cc(N[C@H](c2ccncc2)c2oc(CO)cc(=O)c2O)no1. The minimum Gasteiger partial charge on any atom is -0.502 e. The Morgan fingerprint density at radius 1 is 1.29 bits per heavy atom. The Labute approximate surface area is 136 Å². The fourth-order valence-electron chi connectivity index (χ4n) is 2.27. The van der Waals surface area contributed by atoms with Crippen LogP contribution in [0.5, 0.6) is 5.75 Å². The van der Waals surface area contributed by atoms with Gasteiger partial charge < -0.3 is 24.5 Å². The largest absolute Gasteiger partial charge is 0.502 e. The van der Waals surface area contributed by atoms with E-state index in [4.69, 9.17) is 8.94 Å². The maximum atomic E-state index is 11.9. The lowest BCUT2D eigenvalue weighted by molar-refractivity contribution is 0.234. The number of anilines is 1. The number of aromatic nitrogens is 2. The highest BCUT2D eigenvalue weighted by Crippen LogP contribution is 2.31. The quantitative estimate of drug-likeness (QED) is 0.647. The van der Waals surface area contributed by atoms with E-state index in [2.05, 4.69) is 15.5 Å². The molecule has 124 valence electrons. The van der Waals surface area contributed by atoms with Gasteiger partial charge in [0.15, 0.2) is 11.6 Å². The van der Waals surface area contributed by atoms with Gasteiger partial charge in [0, 0.05) is 24.5 Å². The van der Waals surface area contributed by atoms with Crippen molar-refractivity contribution in [3.05, 3.63) is 69.7 Å². The van der Waals surface area contributed by atoms with Crippen LogP contribution in [0, 0.1) is 6.92 Å². The van der Waals surface area contributed by atoms with E-state index >= 15 is 0 Å². The van der Waals surface area contributed by atoms with Crippen molar-refractivity contribution < 1.29 is 19.2 Å². The lowest BCUT2D eigenvalue weighted by Crippen LogP contribution is -2.16. The van der Waals surface area contributed by atoms with Crippen LogP contribution in [0.3, 0.4) is 0 Å². The summed E-state index contributed by atoms with van der Waals surface area (Å²) in [6.45, 7) is 1.28. The molecule has 0 bridgehead atoms. The lowest BCUT2D eigenvalue weighted by Gasteiger charge is -2.18. The summed E-state index contributed by atoms with van der Waals surface area (Å²) in [6, 6.07) is 5.39. The second kappa shape index (κ2) is 6.55. The van der Waals surface area contributed by atoms with Crippen molar-refractivity contribution in [2.24, 2.45) is 0 Å². The molecule has 3 heterocycles. The smallest absolute Gasteiger partial charge is 0.227 e. The van der Waals surface area contributed by atoms with E-state index in [1.807, 2.05) is 0 Å². The molecule has 0 aromatic carbocycles. The van der Waals surface area contributed by atoms with E-state index in [1.54, 1.807) is 37.5 Å². The van der Waals surface area contributed by atoms with Crippen LogP contribution in [0.15, 0.2) is 50.4 Å². The van der Waals surface area contributed by atoms with Crippen LogP contribution in [0.4, 0.5) is 5.82 Å². The molecule has 0 spiro atoms. The average molecular weight is 329 g/mol. The molecule has 24 heavy (non-hydrogen) atoms. The minimum absolute atomic E-state index is 0.0293. The third-order valence-corrected chi connectivity index (χ3v) is 3.38. The Hall–Kier alpha value is -3.13. The average Bonchev–Trinajstić information content (AvgIpc) is 3.01. The van der Waals surface area contributed by atoms with Gasteiger partial charge in [-0.1, -0.05) is 5.16 Å². The summed E-state index contributed by atoms with van der Waals surface area (Å²) in [6.07, 6.45) is 3.15. The normalized spacial score (nSPS) is 12.1. The number of pyridine rings is 1. The number of aromatic hydroxyl groups is 1. The first-order valence-electron chi connectivity index (χ1n) is 7.15. The van der Waals surface area contributed by atoms with Crippen molar-refractivity contribution in [3.63, 3.8) is 0 Å². The van der Waals surface area contributed by atoms with Gasteiger partial charge in [-0.2, -0.15) is 0 Å². The van der Waals surface area contributed by atoms with Crippen LogP contribution in [0.1, 0.15) is 28.9 Å². The van der Waals surface area contributed by atoms with Crippen molar-refractivity contribution in [2.45, 2.75) is 19.6 Å². The molecule has 3 aromatic rings. The Bertz CT molecular complexity index is 888. The van der Waals surface area contributed by atoms with Crippen LogP contribution in [-0.4, -0.2) is 20.4 Å². The van der Waals surface area contributed by atoms with Gasteiger partial charge in [0.05, 0.1) is 0 Å². The summed E-state index contributed by atoms with van der Waals surface area (Å²) in [5.41, 5.74) is 0.0386. The highest BCUT2D eigenvalue weighted by atomic mass is 16.5. The van der Waals surface area contributed by atoms with Gasteiger partial charge >= 0.3 is 0 Å². The number of nitrogens with one attached hydrogen (secondary N) is 1. The zero-order valence-corrected chi connectivity index (χ0v) is 12.8. The van der Waals surface area contributed by atoms with E-state index in [-0.39, 0.29) is 11.5 Å². The standard InChI is InChI=1S/C16H15N3O5/c1-9-6-13(19-24-9)18-14(10-2-4-17-5-3-10)16-15(22)12(21)7-11(8-20)23-16/h2-7,14,20,22H,8H2,1H3,(H,18,19)/t14-/m1/s1. The summed E-state index contributed by atoms with van der Waals surface area (Å²) in [4.78, 5) is 15.9. The van der Waals surface area contributed by atoms with Crippen LogP contribution < -0.4 is 10.7 Å². The molecule has 0 amide bonds. The number of nitrogens with zero attached hydrogens (tertiary/aromatic N) is 2. The molecular formula is C16H15N3O5. The lowest BCUT2D eigenvalue weighted by atomic mass is 10.0. The fourth-order valence-corrected chi connectivity index (χ4v) is 2.27. The van der Waals surface area contributed by atoms with Crippen molar-refractivity contribution in [1.29, 1.82) is 0 Å². The van der Waals surface area contributed by atoms with Crippen LogP contribution in [0.2, 0.25) is 0 Å².